The van der Waals surface area contributed by atoms with Gasteiger partial charge in [-0.15, -0.1) is 0 Å². The van der Waals surface area contributed by atoms with E-state index in [-0.39, 0.29) is 5.75 Å². The number of aromatic hydroxyl groups is 1. The smallest absolute Gasteiger partial charge is 0.276 e. The maximum absolute atomic E-state index is 11.1. The van der Waals surface area contributed by atoms with Crippen molar-refractivity contribution in [2.45, 2.75) is 0 Å². The normalized spacial score (nSPS) is 11.1. The van der Waals surface area contributed by atoms with Crippen LogP contribution in [0.2, 0.25) is 0 Å². The molecular weight excluding hydrogens is 222 g/mol. The molecular formula is C12H7NO4. The standard InChI is InChI=1S/C12H7NO4/c14-9-10(15)12(11(9)16)17-8-5-6-3-1-2-4-7(6)13-8/h1-5,13,15H. The third-order valence-electron chi connectivity index (χ3n) is 2.56. The van der Waals surface area contributed by atoms with Gasteiger partial charge in [0.05, 0.1) is 0 Å². The van der Waals surface area contributed by atoms with E-state index in [4.69, 9.17) is 9.84 Å². The first kappa shape index (κ1) is 9.65. The molecule has 0 bridgehead atoms. The Balaban J connectivity index is 2.01. The predicted octanol–water partition coefficient (Wildman–Crippen LogP) is 1.26. The van der Waals surface area contributed by atoms with E-state index in [1.165, 1.54) is 0 Å². The Hall–Kier alpha value is -2.56. The maximum Gasteiger partial charge on any atom is 0.276 e. The Bertz CT molecular complexity index is 744. The number of ether oxygens (including phenoxy) is 1. The Morgan fingerprint density at radius 2 is 1.88 bits per heavy atom. The monoisotopic (exact) mass is 229 g/mol. The van der Waals surface area contributed by atoms with Crippen LogP contribution in [0.5, 0.6) is 17.4 Å². The molecule has 0 amide bonds. The molecule has 3 aromatic rings. The summed E-state index contributed by atoms with van der Waals surface area (Å²) in [6.07, 6.45) is 0. The van der Waals surface area contributed by atoms with E-state index in [1.807, 2.05) is 24.3 Å². The van der Waals surface area contributed by atoms with Gasteiger partial charge >= 0.3 is 0 Å². The van der Waals surface area contributed by atoms with Crippen molar-refractivity contribution in [3.8, 4) is 17.4 Å². The number of nitrogens with one attached hydrogen (secondary N) is 1. The number of rotatable bonds is 2. The highest BCUT2D eigenvalue weighted by molar-refractivity contribution is 5.81. The molecule has 84 valence electrons. The first-order valence-corrected chi connectivity index (χ1v) is 4.94. The van der Waals surface area contributed by atoms with Crippen LogP contribution in [0.3, 0.4) is 0 Å². The van der Waals surface area contributed by atoms with Gasteiger partial charge in [0.15, 0.2) is 5.88 Å². The second-order valence-electron chi connectivity index (χ2n) is 3.66. The Labute approximate surface area is 94.6 Å². The highest BCUT2D eigenvalue weighted by atomic mass is 16.5. The average Bonchev–Trinajstić information content (AvgIpc) is 2.77. The molecule has 1 heterocycles. The van der Waals surface area contributed by atoms with Crippen molar-refractivity contribution in [1.82, 2.24) is 4.98 Å². The van der Waals surface area contributed by atoms with Crippen LogP contribution in [0.15, 0.2) is 39.9 Å². The summed E-state index contributed by atoms with van der Waals surface area (Å²) in [5.41, 5.74) is -0.863. The summed E-state index contributed by atoms with van der Waals surface area (Å²) in [5, 5.41) is 10.1. The van der Waals surface area contributed by atoms with Crippen LogP contribution in [-0.2, 0) is 0 Å². The van der Waals surface area contributed by atoms with Crippen molar-refractivity contribution >= 4 is 10.9 Å². The molecule has 0 saturated heterocycles. The zero-order valence-corrected chi connectivity index (χ0v) is 8.56. The Kier molecular flexibility index (Phi) is 1.82. The lowest BCUT2D eigenvalue weighted by Crippen LogP contribution is -2.30. The summed E-state index contributed by atoms with van der Waals surface area (Å²) in [4.78, 5) is 24.8. The summed E-state index contributed by atoms with van der Waals surface area (Å²) in [6.45, 7) is 0. The highest BCUT2D eigenvalue weighted by Crippen LogP contribution is 2.27. The van der Waals surface area contributed by atoms with Crippen molar-refractivity contribution in [2.75, 3.05) is 0 Å². The zero-order valence-electron chi connectivity index (χ0n) is 8.56. The van der Waals surface area contributed by atoms with Crippen LogP contribution < -0.4 is 15.6 Å². The summed E-state index contributed by atoms with van der Waals surface area (Å²) in [7, 11) is 0. The summed E-state index contributed by atoms with van der Waals surface area (Å²) < 4.78 is 5.13. The number of aromatic nitrogens is 1. The molecule has 2 N–H and O–H groups in total. The molecule has 3 rings (SSSR count). The topological polar surface area (TPSA) is 79.4 Å². The second-order valence-corrected chi connectivity index (χ2v) is 3.66. The van der Waals surface area contributed by atoms with E-state index in [9.17, 15) is 9.59 Å². The number of hydrogen-bond acceptors (Lipinski definition) is 4. The predicted molar refractivity (Wildman–Crippen MR) is 61.4 cm³/mol. The van der Waals surface area contributed by atoms with E-state index >= 15 is 0 Å². The van der Waals surface area contributed by atoms with Crippen molar-refractivity contribution in [3.63, 3.8) is 0 Å². The SMILES string of the molecule is O=c1c(O)c(Oc2cc3ccccc3[nH]2)c1=O. The third-order valence-corrected chi connectivity index (χ3v) is 2.56. The fourth-order valence-corrected chi connectivity index (χ4v) is 1.67. The van der Waals surface area contributed by atoms with Gasteiger partial charge in [-0.05, 0) is 6.07 Å². The minimum Gasteiger partial charge on any atom is -0.501 e. The summed E-state index contributed by atoms with van der Waals surface area (Å²) in [5.74, 6) is -0.608. The van der Waals surface area contributed by atoms with Gasteiger partial charge in [-0.2, -0.15) is 0 Å². The zero-order chi connectivity index (χ0) is 12.0. The van der Waals surface area contributed by atoms with Crippen LogP contribution in [-0.4, -0.2) is 10.1 Å². The van der Waals surface area contributed by atoms with Gasteiger partial charge in [-0.25, -0.2) is 0 Å². The van der Waals surface area contributed by atoms with Gasteiger partial charge < -0.3 is 14.8 Å². The Morgan fingerprint density at radius 3 is 2.59 bits per heavy atom. The molecule has 17 heavy (non-hydrogen) atoms. The minimum absolute atomic E-state index is 0.304. The van der Waals surface area contributed by atoms with Crippen LogP contribution in [0.1, 0.15) is 0 Å². The molecule has 0 fully saturated rings. The number of H-pyrrole nitrogens is 1. The van der Waals surface area contributed by atoms with Crippen molar-refractivity contribution in [2.24, 2.45) is 0 Å². The molecule has 0 unspecified atom stereocenters. The lowest BCUT2D eigenvalue weighted by molar-refractivity contribution is 0.386. The van der Waals surface area contributed by atoms with E-state index in [2.05, 4.69) is 4.98 Å². The highest BCUT2D eigenvalue weighted by Gasteiger charge is 2.22. The average molecular weight is 229 g/mol. The quantitative estimate of drug-likeness (QED) is 0.648. The third kappa shape index (κ3) is 1.32. The Morgan fingerprint density at radius 1 is 1.12 bits per heavy atom. The number of fused-ring (bicyclic) bond motifs is 1. The van der Waals surface area contributed by atoms with Gasteiger partial charge in [0.1, 0.15) is 0 Å². The molecule has 5 heteroatoms. The van der Waals surface area contributed by atoms with Crippen LogP contribution in [0.4, 0.5) is 0 Å². The molecule has 2 aromatic carbocycles. The number of aromatic amines is 1. The molecule has 0 aliphatic carbocycles. The van der Waals surface area contributed by atoms with Crippen molar-refractivity contribution in [1.29, 1.82) is 0 Å². The molecule has 0 aliphatic rings. The molecule has 0 saturated carbocycles. The van der Waals surface area contributed by atoms with Crippen molar-refractivity contribution in [3.05, 3.63) is 50.8 Å². The van der Waals surface area contributed by atoms with Gasteiger partial charge in [0.2, 0.25) is 11.5 Å². The van der Waals surface area contributed by atoms with Gasteiger partial charge in [-0.3, -0.25) is 9.59 Å². The first-order chi connectivity index (χ1) is 8.16. The fourth-order valence-electron chi connectivity index (χ4n) is 1.67. The number of para-hydroxylation sites is 1. The molecule has 0 spiro atoms. The summed E-state index contributed by atoms with van der Waals surface area (Å²) >= 11 is 0. The van der Waals surface area contributed by atoms with Gasteiger partial charge in [0.25, 0.3) is 10.9 Å². The molecule has 5 nitrogen and oxygen atoms in total. The van der Waals surface area contributed by atoms with E-state index < -0.39 is 16.6 Å². The minimum atomic E-state index is -0.906. The van der Waals surface area contributed by atoms with Gasteiger partial charge in [-0.1, -0.05) is 18.2 Å². The lowest BCUT2D eigenvalue weighted by Gasteiger charge is -2.04. The fraction of sp³-hybridized carbons (Fsp3) is 0. The van der Waals surface area contributed by atoms with Crippen LogP contribution >= 0.6 is 0 Å². The largest absolute Gasteiger partial charge is 0.501 e. The maximum atomic E-state index is 11.1. The van der Waals surface area contributed by atoms with E-state index in [0.29, 0.717) is 5.88 Å². The molecule has 0 radical (unpaired) electrons. The molecule has 0 aliphatic heterocycles. The van der Waals surface area contributed by atoms with E-state index in [0.717, 1.165) is 10.9 Å². The first-order valence-electron chi connectivity index (χ1n) is 4.94. The lowest BCUT2D eigenvalue weighted by atomic mass is 10.2. The number of hydrogen-bond donors (Lipinski definition) is 2. The van der Waals surface area contributed by atoms with Gasteiger partial charge in [0, 0.05) is 17.0 Å². The van der Waals surface area contributed by atoms with Crippen LogP contribution in [0, 0.1) is 0 Å². The number of benzene rings is 1. The van der Waals surface area contributed by atoms with Crippen molar-refractivity contribution < 1.29 is 9.84 Å². The molecule has 1 aromatic heterocycles. The van der Waals surface area contributed by atoms with E-state index in [1.54, 1.807) is 6.07 Å². The second kappa shape index (κ2) is 3.21. The molecule has 0 atom stereocenters. The summed E-state index contributed by atoms with van der Waals surface area (Å²) in [6, 6.07) is 9.14. The van der Waals surface area contributed by atoms with Crippen LogP contribution in [0.25, 0.3) is 10.9 Å².